The molecule has 2 aliphatic heterocycles. The molecule has 2 aliphatic rings. The van der Waals surface area contributed by atoms with Crippen LogP contribution in [0.5, 0.6) is 5.75 Å². The van der Waals surface area contributed by atoms with Crippen molar-refractivity contribution < 1.29 is 22.7 Å². The van der Waals surface area contributed by atoms with Gasteiger partial charge in [-0.15, -0.1) is 0 Å². The maximum Gasteiger partial charge on any atom is 0.264 e. The maximum atomic E-state index is 13.2. The molecule has 1 N–H and O–H groups in total. The molecule has 0 radical (unpaired) electrons. The van der Waals surface area contributed by atoms with Crippen LogP contribution in [0.25, 0.3) is 0 Å². The van der Waals surface area contributed by atoms with Crippen LogP contribution in [0.1, 0.15) is 0 Å². The topological polar surface area (TPSA) is 96.0 Å². The van der Waals surface area contributed by atoms with E-state index in [9.17, 15) is 18.0 Å². The molecule has 0 fully saturated rings. The summed E-state index contributed by atoms with van der Waals surface area (Å²) >= 11 is 0. The zero-order valence-electron chi connectivity index (χ0n) is 13.8. The van der Waals surface area contributed by atoms with Crippen LogP contribution in [-0.2, 0) is 19.6 Å². The second-order valence-corrected chi connectivity index (χ2v) is 7.81. The number of anilines is 3. The van der Waals surface area contributed by atoms with Gasteiger partial charge in [-0.3, -0.25) is 13.9 Å². The number of carbonyl (C=O) groups excluding carboxylic acids is 2. The Labute approximate surface area is 150 Å². The molecule has 2 aromatic carbocycles. The first-order valence-corrected chi connectivity index (χ1v) is 9.27. The van der Waals surface area contributed by atoms with Gasteiger partial charge in [-0.2, -0.15) is 0 Å². The van der Waals surface area contributed by atoms with Gasteiger partial charge >= 0.3 is 0 Å². The molecule has 2 aromatic rings. The second-order valence-electron chi connectivity index (χ2n) is 5.95. The van der Waals surface area contributed by atoms with E-state index in [2.05, 4.69) is 5.32 Å². The molecule has 26 heavy (non-hydrogen) atoms. The van der Waals surface area contributed by atoms with Crippen LogP contribution in [0, 0.1) is 0 Å². The third-order valence-corrected chi connectivity index (χ3v) is 6.09. The van der Waals surface area contributed by atoms with E-state index in [-0.39, 0.29) is 24.0 Å². The standard InChI is InChI=1S/C17H15N3O5S/c1-19-14-8-11(6-7-15(14)25-10-17(19)22)26(23,24)20-9-16(21)18-12-4-2-3-5-13(12)20/h2-8H,9-10H2,1H3,(H,18,21). The summed E-state index contributed by atoms with van der Waals surface area (Å²) in [5.74, 6) is -0.251. The summed E-state index contributed by atoms with van der Waals surface area (Å²) in [4.78, 5) is 25.1. The molecule has 8 nitrogen and oxygen atoms in total. The Balaban J connectivity index is 1.81. The van der Waals surface area contributed by atoms with Crippen molar-refractivity contribution in [1.82, 2.24) is 0 Å². The molecule has 9 heteroatoms. The predicted octanol–water partition coefficient (Wildman–Crippen LogP) is 1.19. The molecule has 2 amide bonds. The Hall–Kier alpha value is -3.07. The number of hydrogen-bond acceptors (Lipinski definition) is 5. The maximum absolute atomic E-state index is 13.2. The zero-order chi connectivity index (χ0) is 18.5. The van der Waals surface area contributed by atoms with Crippen LogP contribution in [0.4, 0.5) is 17.1 Å². The minimum atomic E-state index is -4.00. The fraction of sp³-hybridized carbons (Fsp3) is 0.176. The summed E-state index contributed by atoms with van der Waals surface area (Å²) in [6, 6.07) is 11.0. The molecule has 0 unspecified atom stereocenters. The van der Waals surface area contributed by atoms with E-state index in [0.717, 1.165) is 4.31 Å². The van der Waals surface area contributed by atoms with Gasteiger partial charge in [-0.1, -0.05) is 12.1 Å². The first kappa shape index (κ1) is 16.4. The lowest BCUT2D eigenvalue weighted by molar-refractivity contribution is -0.121. The number of sulfonamides is 1. The van der Waals surface area contributed by atoms with Gasteiger partial charge in [0.15, 0.2) is 6.61 Å². The van der Waals surface area contributed by atoms with Crippen molar-refractivity contribution in [3.05, 3.63) is 42.5 Å². The zero-order valence-corrected chi connectivity index (χ0v) is 14.6. The van der Waals surface area contributed by atoms with Gasteiger partial charge in [0.2, 0.25) is 5.91 Å². The fourth-order valence-corrected chi connectivity index (χ4v) is 4.42. The molecule has 134 valence electrons. The van der Waals surface area contributed by atoms with Crippen molar-refractivity contribution in [3.8, 4) is 5.75 Å². The summed E-state index contributed by atoms with van der Waals surface area (Å²) in [7, 11) is -2.44. The van der Waals surface area contributed by atoms with E-state index < -0.39 is 15.9 Å². The van der Waals surface area contributed by atoms with Gasteiger partial charge < -0.3 is 15.0 Å². The number of benzene rings is 2. The van der Waals surface area contributed by atoms with E-state index in [0.29, 0.717) is 22.8 Å². The van der Waals surface area contributed by atoms with Gasteiger partial charge in [0.1, 0.15) is 12.3 Å². The Morgan fingerprint density at radius 2 is 1.85 bits per heavy atom. The highest BCUT2D eigenvalue weighted by Crippen LogP contribution is 2.37. The van der Waals surface area contributed by atoms with Crippen LogP contribution in [0.15, 0.2) is 47.4 Å². The van der Waals surface area contributed by atoms with E-state index >= 15 is 0 Å². The van der Waals surface area contributed by atoms with Crippen LogP contribution in [0.3, 0.4) is 0 Å². The third kappa shape index (κ3) is 2.48. The number of nitrogens with zero attached hydrogens (tertiary/aromatic N) is 2. The summed E-state index contributed by atoms with van der Waals surface area (Å²) in [5, 5.41) is 2.66. The number of hydrogen-bond donors (Lipinski definition) is 1. The number of para-hydroxylation sites is 2. The Bertz CT molecular complexity index is 1030. The quantitative estimate of drug-likeness (QED) is 0.853. The highest BCUT2D eigenvalue weighted by atomic mass is 32.2. The van der Waals surface area contributed by atoms with E-state index in [1.165, 1.54) is 23.1 Å². The van der Waals surface area contributed by atoms with Crippen LogP contribution in [-0.4, -0.2) is 40.4 Å². The monoisotopic (exact) mass is 373 g/mol. The molecule has 4 rings (SSSR count). The number of ether oxygens (including phenoxy) is 1. The molecule has 0 bridgehead atoms. The first-order chi connectivity index (χ1) is 12.4. The molecule has 0 aliphatic carbocycles. The summed E-state index contributed by atoms with van der Waals surface area (Å²) in [5.41, 5.74) is 1.20. The predicted molar refractivity (Wildman–Crippen MR) is 95.0 cm³/mol. The Kier molecular flexibility index (Phi) is 3.62. The second kappa shape index (κ2) is 5.73. The fourth-order valence-electron chi connectivity index (χ4n) is 2.96. The van der Waals surface area contributed by atoms with Crippen LogP contribution < -0.4 is 19.3 Å². The lowest BCUT2D eigenvalue weighted by atomic mass is 10.2. The van der Waals surface area contributed by atoms with E-state index in [4.69, 9.17) is 4.74 Å². The highest BCUT2D eigenvalue weighted by molar-refractivity contribution is 7.93. The third-order valence-electron chi connectivity index (χ3n) is 4.34. The number of likely N-dealkylation sites (N-methyl/N-ethyl adjacent to an activating group) is 1. The van der Waals surface area contributed by atoms with E-state index in [1.54, 1.807) is 31.3 Å². The van der Waals surface area contributed by atoms with Crippen molar-refractivity contribution in [3.63, 3.8) is 0 Å². The minimum absolute atomic E-state index is 0.0223. The Morgan fingerprint density at radius 3 is 2.65 bits per heavy atom. The van der Waals surface area contributed by atoms with Crippen molar-refractivity contribution in [2.75, 3.05) is 34.7 Å². The van der Waals surface area contributed by atoms with Gasteiger partial charge in [0.25, 0.3) is 15.9 Å². The van der Waals surface area contributed by atoms with Gasteiger partial charge in [0, 0.05) is 7.05 Å². The smallest absolute Gasteiger partial charge is 0.264 e. The summed E-state index contributed by atoms with van der Waals surface area (Å²) < 4.78 is 32.7. The van der Waals surface area contributed by atoms with Crippen molar-refractivity contribution in [2.45, 2.75) is 4.90 Å². The van der Waals surface area contributed by atoms with Crippen molar-refractivity contribution in [2.24, 2.45) is 0 Å². The number of amides is 2. The van der Waals surface area contributed by atoms with Gasteiger partial charge in [-0.05, 0) is 30.3 Å². The number of carbonyl (C=O) groups is 2. The lowest BCUT2D eigenvalue weighted by Crippen LogP contribution is -2.42. The molecular weight excluding hydrogens is 358 g/mol. The van der Waals surface area contributed by atoms with E-state index in [1.807, 2.05) is 0 Å². The molecular formula is C17H15N3O5S. The van der Waals surface area contributed by atoms with Crippen molar-refractivity contribution >= 4 is 38.9 Å². The largest absolute Gasteiger partial charge is 0.482 e. The normalized spacial score (nSPS) is 16.5. The number of rotatable bonds is 2. The summed E-state index contributed by atoms with van der Waals surface area (Å²) in [6.45, 7) is -0.406. The summed E-state index contributed by atoms with van der Waals surface area (Å²) in [6.07, 6.45) is 0. The Morgan fingerprint density at radius 1 is 1.08 bits per heavy atom. The minimum Gasteiger partial charge on any atom is -0.482 e. The van der Waals surface area contributed by atoms with Gasteiger partial charge in [-0.25, -0.2) is 8.42 Å². The number of nitrogens with one attached hydrogen (secondary N) is 1. The first-order valence-electron chi connectivity index (χ1n) is 7.83. The number of fused-ring (bicyclic) bond motifs is 2. The van der Waals surface area contributed by atoms with Crippen molar-refractivity contribution in [1.29, 1.82) is 0 Å². The van der Waals surface area contributed by atoms with Gasteiger partial charge in [0.05, 0.1) is 22.0 Å². The molecule has 0 saturated heterocycles. The SMILES string of the molecule is CN1C(=O)COc2ccc(S(=O)(=O)N3CC(=O)Nc4ccccc43)cc21. The highest BCUT2D eigenvalue weighted by Gasteiger charge is 2.33. The average Bonchev–Trinajstić information content (AvgIpc) is 2.63. The molecule has 0 atom stereocenters. The molecule has 2 heterocycles. The molecule has 0 spiro atoms. The molecule has 0 aromatic heterocycles. The molecule has 0 saturated carbocycles. The van der Waals surface area contributed by atoms with Crippen LogP contribution >= 0.6 is 0 Å². The van der Waals surface area contributed by atoms with Crippen LogP contribution in [0.2, 0.25) is 0 Å². The lowest BCUT2D eigenvalue weighted by Gasteiger charge is -2.31. The average molecular weight is 373 g/mol.